The summed E-state index contributed by atoms with van der Waals surface area (Å²) in [6.07, 6.45) is 6.21. The van der Waals surface area contributed by atoms with E-state index in [-0.39, 0.29) is 5.91 Å². The average Bonchev–Trinajstić information content (AvgIpc) is 2.77. The Hall–Kier alpha value is -3.21. The first-order valence-corrected chi connectivity index (χ1v) is 9.56. The maximum absolute atomic E-state index is 12.8. The van der Waals surface area contributed by atoms with Crippen molar-refractivity contribution in [3.63, 3.8) is 0 Å². The van der Waals surface area contributed by atoms with Gasteiger partial charge >= 0.3 is 0 Å². The molecule has 144 valence electrons. The van der Waals surface area contributed by atoms with Gasteiger partial charge in [0.05, 0.1) is 5.56 Å². The summed E-state index contributed by atoms with van der Waals surface area (Å²) in [5.41, 5.74) is 2.98. The van der Waals surface area contributed by atoms with Crippen LogP contribution in [-0.2, 0) is 13.0 Å². The highest BCUT2D eigenvalue weighted by molar-refractivity contribution is 5.94. The quantitative estimate of drug-likeness (QED) is 0.601. The SMILES string of the molecule is CCN(Cc1ccccc1)C(=O)c1ccc(N(C)CCc2ccncc2)nc1. The van der Waals surface area contributed by atoms with Crippen LogP contribution in [0, 0.1) is 0 Å². The third kappa shape index (κ3) is 5.16. The van der Waals surface area contributed by atoms with Crippen LogP contribution in [0.1, 0.15) is 28.4 Å². The van der Waals surface area contributed by atoms with Crippen LogP contribution >= 0.6 is 0 Å². The molecule has 0 spiro atoms. The Bertz CT molecular complexity index is 866. The minimum absolute atomic E-state index is 0.00448. The van der Waals surface area contributed by atoms with Crippen molar-refractivity contribution in [2.45, 2.75) is 19.9 Å². The summed E-state index contributed by atoms with van der Waals surface area (Å²) >= 11 is 0. The maximum atomic E-state index is 12.8. The van der Waals surface area contributed by atoms with Crippen molar-refractivity contribution in [3.05, 3.63) is 89.9 Å². The smallest absolute Gasteiger partial charge is 0.255 e. The van der Waals surface area contributed by atoms with Crippen LogP contribution < -0.4 is 4.90 Å². The van der Waals surface area contributed by atoms with Crippen molar-refractivity contribution >= 4 is 11.7 Å². The van der Waals surface area contributed by atoms with Crippen LogP contribution in [-0.4, -0.2) is 40.9 Å². The van der Waals surface area contributed by atoms with Crippen molar-refractivity contribution in [3.8, 4) is 0 Å². The van der Waals surface area contributed by atoms with Gasteiger partial charge in [0.1, 0.15) is 5.82 Å². The molecule has 0 aliphatic carbocycles. The zero-order chi connectivity index (χ0) is 19.8. The molecule has 0 atom stereocenters. The van der Waals surface area contributed by atoms with E-state index in [1.165, 1.54) is 5.56 Å². The Morgan fingerprint density at radius 1 is 0.964 bits per heavy atom. The molecule has 0 saturated carbocycles. The molecule has 5 heteroatoms. The minimum Gasteiger partial charge on any atom is -0.359 e. The molecule has 0 N–H and O–H groups in total. The molecule has 0 aliphatic rings. The number of aromatic nitrogens is 2. The fourth-order valence-corrected chi connectivity index (χ4v) is 3.01. The van der Waals surface area contributed by atoms with Crippen LogP contribution in [0.5, 0.6) is 0 Å². The van der Waals surface area contributed by atoms with Gasteiger partial charge in [0.25, 0.3) is 5.91 Å². The van der Waals surface area contributed by atoms with E-state index < -0.39 is 0 Å². The third-order valence-electron chi connectivity index (χ3n) is 4.76. The molecular weight excluding hydrogens is 348 g/mol. The molecule has 3 rings (SSSR count). The number of likely N-dealkylation sites (N-methyl/N-ethyl adjacent to an activating group) is 1. The van der Waals surface area contributed by atoms with Crippen molar-refractivity contribution in [1.82, 2.24) is 14.9 Å². The van der Waals surface area contributed by atoms with E-state index in [4.69, 9.17) is 0 Å². The van der Waals surface area contributed by atoms with Crippen LogP contribution in [0.4, 0.5) is 5.82 Å². The van der Waals surface area contributed by atoms with E-state index in [1.807, 2.05) is 85.9 Å². The number of carbonyl (C=O) groups excluding carboxylic acids is 1. The largest absolute Gasteiger partial charge is 0.359 e. The van der Waals surface area contributed by atoms with Gasteiger partial charge in [-0.15, -0.1) is 0 Å². The van der Waals surface area contributed by atoms with Crippen LogP contribution in [0.25, 0.3) is 0 Å². The van der Waals surface area contributed by atoms with Crippen molar-refractivity contribution in [2.75, 3.05) is 25.0 Å². The van der Waals surface area contributed by atoms with Crippen molar-refractivity contribution < 1.29 is 4.79 Å². The number of hydrogen-bond donors (Lipinski definition) is 0. The summed E-state index contributed by atoms with van der Waals surface area (Å²) < 4.78 is 0. The van der Waals surface area contributed by atoms with Gasteiger partial charge in [-0.25, -0.2) is 4.98 Å². The second-order valence-electron chi connectivity index (χ2n) is 6.74. The lowest BCUT2D eigenvalue weighted by Crippen LogP contribution is -2.30. The number of hydrogen-bond acceptors (Lipinski definition) is 4. The lowest BCUT2D eigenvalue weighted by Gasteiger charge is -2.22. The number of benzene rings is 1. The highest BCUT2D eigenvalue weighted by atomic mass is 16.2. The molecule has 0 unspecified atom stereocenters. The number of pyridine rings is 2. The summed E-state index contributed by atoms with van der Waals surface area (Å²) in [4.78, 5) is 25.3. The number of anilines is 1. The summed E-state index contributed by atoms with van der Waals surface area (Å²) in [6, 6.07) is 17.9. The molecular formula is C23H26N4O. The van der Waals surface area contributed by atoms with Gasteiger partial charge in [-0.1, -0.05) is 30.3 Å². The molecule has 1 aromatic carbocycles. The summed E-state index contributed by atoms with van der Waals surface area (Å²) in [6.45, 7) is 4.10. The first kappa shape index (κ1) is 19.5. The molecule has 0 radical (unpaired) electrons. The Balaban J connectivity index is 1.61. The Labute approximate surface area is 166 Å². The van der Waals surface area contributed by atoms with E-state index >= 15 is 0 Å². The molecule has 2 heterocycles. The molecule has 1 amide bonds. The van der Waals surface area contributed by atoms with Gasteiger partial charge in [-0.3, -0.25) is 9.78 Å². The van der Waals surface area contributed by atoms with E-state index in [0.29, 0.717) is 18.7 Å². The molecule has 28 heavy (non-hydrogen) atoms. The average molecular weight is 374 g/mol. The van der Waals surface area contributed by atoms with Gasteiger partial charge in [0.2, 0.25) is 0 Å². The predicted octanol–water partition coefficient (Wildman–Crippen LogP) is 3.82. The van der Waals surface area contributed by atoms with E-state index in [2.05, 4.69) is 14.9 Å². The van der Waals surface area contributed by atoms with Crippen LogP contribution in [0.2, 0.25) is 0 Å². The normalized spacial score (nSPS) is 10.5. The standard InChI is InChI=1S/C23H26N4O/c1-3-27(18-20-7-5-4-6-8-20)23(28)21-9-10-22(25-17-21)26(2)16-13-19-11-14-24-15-12-19/h4-12,14-15,17H,3,13,16,18H2,1-2H3. The Morgan fingerprint density at radius 3 is 2.36 bits per heavy atom. The lowest BCUT2D eigenvalue weighted by atomic mass is 10.2. The second-order valence-corrected chi connectivity index (χ2v) is 6.74. The molecule has 0 saturated heterocycles. The first-order valence-electron chi connectivity index (χ1n) is 9.56. The van der Waals surface area contributed by atoms with Crippen molar-refractivity contribution in [2.24, 2.45) is 0 Å². The third-order valence-corrected chi connectivity index (χ3v) is 4.76. The highest BCUT2D eigenvalue weighted by Crippen LogP contribution is 2.14. The highest BCUT2D eigenvalue weighted by Gasteiger charge is 2.15. The van der Waals surface area contributed by atoms with Crippen molar-refractivity contribution in [1.29, 1.82) is 0 Å². The molecule has 0 fully saturated rings. The summed E-state index contributed by atoms with van der Waals surface area (Å²) in [7, 11) is 2.01. The fourth-order valence-electron chi connectivity index (χ4n) is 3.01. The zero-order valence-corrected chi connectivity index (χ0v) is 16.5. The molecule has 3 aromatic rings. The zero-order valence-electron chi connectivity index (χ0n) is 16.5. The van der Waals surface area contributed by atoms with Gasteiger partial charge in [-0.05, 0) is 48.7 Å². The molecule has 0 aliphatic heterocycles. The number of nitrogens with zero attached hydrogens (tertiary/aromatic N) is 4. The van der Waals surface area contributed by atoms with E-state index in [9.17, 15) is 4.79 Å². The number of amides is 1. The van der Waals surface area contributed by atoms with Crippen LogP contribution in [0.15, 0.2) is 73.2 Å². The van der Waals surface area contributed by atoms with E-state index in [0.717, 1.165) is 24.3 Å². The summed E-state index contributed by atoms with van der Waals surface area (Å²) in [5, 5.41) is 0. The van der Waals surface area contributed by atoms with E-state index in [1.54, 1.807) is 6.20 Å². The summed E-state index contributed by atoms with van der Waals surface area (Å²) in [5.74, 6) is 0.863. The van der Waals surface area contributed by atoms with Crippen LogP contribution in [0.3, 0.4) is 0 Å². The first-order chi connectivity index (χ1) is 13.7. The van der Waals surface area contributed by atoms with Gasteiger partial charge in [0.15, 0.2) is 0 Å². The lowest BCUT2D eigenvalue weighted by molar-refractivity contribution is 0.0752. The van der Waals surface area contributed by atoms with Gasteiger partial charge in [0, 0.05) is 45.3 Å². The molecule has 0 bridgehead atoms. The minimum atomic E-state index is 0.00448. The number of rotatable bonds is 8. The Kier molecular flexibility index (Phi) is 6.73. The maximum Gasteiger partial charge on any atom is 0.255 e. The number of carbonyl (C=O) groups is 1. The Morgan fingerprint density at radius 2 is 1.71 bits per heavy atom. The monoisotopic (exact) mass is 374 g/mol. The topological polar surface area (TPSA) is 49.3 Å². The second kappa shape index (κ2) is 9.65. The molecule has 5 nitrogen and oxygen atoms in total. The molecule has 2 aromatic heterocycles. The predicted molar refractivity (Wildman–Crippen MR) is 112 cm³/mol. The fraction of sp³-hybridized carbons (Fsp3) is 0.261. The van der Waals surface area contributed by atoms with Gasteiger partial charge < -0.3 is 9.80 Å². The van der Waals surface area contributed by atoms with Gasteiger partial charge in [-0.2, -0.15) is 0 Å².